The van der Waals surface area contributed by atoms with Gasteiger partial charge in [0, 0.05) is 37.5 Å². The fraction of sp³-hybridized carbons (Fsp3) is 0.600. The maximum atomic E-state index is 12.0. The molecule has 1 saturated heterocycles. The first-order valence-corrected chi connectivity index (χ1v) is 9.59. The molecule has 0 aromatic rings. The maximum absolute atomic E-state index is 12.0. The van der Waals surface area contributed by atoms with Crippen LogP contribution in [-0.4, -0.2) is 63.0 Å². The molecule has 1 aliphatic heterocycles. The average Bonchev–Trinajstić information content (AvgIpc) is 2.70. The van der Waals surface area contributed by atoms with Gasteiger partial charge in [0.05, 0.1) is 13.2 Å². The van der Waals surface area contributed by atoms with Crippen molar-refractivity contribution < 1.29 is 42.9 Å². The number of hydrogen-bond acceptors (Lipinski definition) is 9. The van der Waals surface area contributed by atoms with E-state index in [1.165, 1.54) is 0 Å². The molecule has 1 unspecified atom stereocenters. The van der Waals surface area contributed by atoms with Crippen molar-refractivity contribution in [3.8, 4) is 0 Å². The molecule has 1 heterocycles. The molecule has 1 atom stereocenters. The number of carbonyl (C=O) groups is 4. The van der Waals surface area contributed by atoms with Crippen LogP contribution in [0.4, 0.5) is 0 Å². The number of carbonyl (C=O) groups excluding carboxylic acids is 4. The second kappa shape index (κ2) is 14.3. The Kier molecular flexibility index (Phi) is 12.0. The molecule has 162 valence electrons. The van der Waals surface area contributed by atoms with Crippen LogP contribution < -0.4 is 0 Å². The summed E-state index contributed by atoms with van der Waals surface area (Å²) in [5.41, 5.74) is 0. The molecule has 0 radical (unpaired) electrons. The van der Waals surface area contributed by atoms with Crippen molar-refractivity contribution in [3.63, 3.8) is 0 Å². The van der Waals surface area contributed by atoms with Crippen LogP contribution in [0.3, 0.4) is 0 Å². The summed E-state index contributed by atoms with van der Waals surface area (Å²) in [5, 5.41) is 0. The van der Waals surface area contributed by atoms with Crippen LogP contribution in [0, 0.1) is 5.92 Å². The average molecular weight is 412 g/mol. The minimum atomic E-state index is -0.756. The van der Waals surface area contributed by atoms with Gasteiger partial charge in [0.1, 0.15) is 12.7 Å². The van der Waals surface area contributed by atoms with E-state index in [1.54, 1.807) is 13.8 Å². The van der Waals surface area contributed by atoms with E-state index in [9.17, 15) is 19.2 Å². The van der Waals surface area contributed by atoms with E-state index < -0.39 is 30.0 Å². The standard InChI is InChI=1S/C20H28O9/c1-3-26-17(21)5-6-19(23)28-14-16(13-15-9-11-25-12-10-15)29-20(24)8-7-18(22)27-4-2/h5-8,15-16H,3-4,9-14H2,1-2H3/b6-5+,8-7+. The Morgan fingerprint density at radius 2 is 1.31 bits per heavy atom. The lowest BCUT2D eigenvalue weighted by molar-refractivity contribution is -0.154. The van der Waals surface area contributed by atoms with Gasteiger partial charge in [-0.25, -0.2) is 19.2 Å². The van der Waals surface area contributed by atoms with Crippen LogP contribution in [0.1, 0.15) is 33.1 Å². The topological polar surface area (TPSA) is 114 Å². The van der Waals surface area contributed by atoms with Crippen LogP contribution in [0.15, 0.2) is 24.3 Å². The molecule has 1 rings (SSSR count). The van der Waals surface area contributed by atoms with Gasteiger partial charge < -0.3 is 23.7 Å². The molecule has 9 heteroatoms. The molecule has 0 bridgehead atoms. The molecular weight excluding hydrogens is 384 g/mol. The first kappa shape index (κ1) is 24.4. The third-order valence-corrected chi connectivity index (χ3v) is 3.92. The molecule has 0 saturated carbocycles. The van der Waals surface area contributed by atoms with Gasteiger partial charge >= 0.3 is 23.9 Å². The van der Waals surface area contributed by atoms with Crippen molar-refractivity contribution in [1.29, 1.82) is 0 Å². The highest BCUT2D eigenvalue weighted by Gasteiger charge is 2.23. The highest BCUT2D eigenvalue weighted by molar-refractivity contribution is 5.92. The number of hydrogen-bond donors (Lipinski definition) is 0. The van der Waals surface area contributed by atoms with Crippen LogP contribution in [0.25, 0.3) is 0 Å². The summed E-state index contributed by atoms with van der Waals surface area (Å²) in [6.45, 7) is 4.75. The van der Waals surface area contributed by atoms with Gasteiger partial charge in [-0.3, -0.25) is 0 Å². The lowest BCUT2D eigenvalue weighted by atomic mass is 9.94. The monoisotopic (exact) mass is 412 g/mol. The summed E-state index contributed by atoms with van der Waals surface area (Å²) in [6.07, 6.45) is 5.27. The highest BCUT2D eigenvalue weighted by atomic mass is 16.6. The summed E-state index contributed by atoms with van der Waals surface area (Å²) in [5.74, 6) is -2.55. The smallest absolute Gasteiger partial charge is 0.331 e. The van der Waals surface area contributed by atoms with Crippen molar-refractivity contribution in [2.24, 2.45) is 5.92 Å². The minimum Gasteiger partial charge on any atom is -0.463 e. The van der Waals surface area contributed by atoms with Gasteiger partial charge in [0.2, 0.25) is 0 Å². The molecule has 0 N–H and O–H groups in total. The Morgan fingerprint density at radius 3 is 1.83 bits per heavy atom. The minimum absolute atomic E-state index is 0.178. The highest BCUT2D eigenvalue weighted by Crippen LogP contribution is 2.22. The van der Waals surface area contributed by atoms with Crippen LogP contribution in [0.2, 0.25) is 0 Å². The lowest BCUT2D eigenvalue weighted by Crippen LogP contribution is -2.29. The molecule has 9 nitrogen and oxygen atoms in total. The Labute approximate surface area is 170 Å². The van der Waals surface area contributed by atoms with E-state index >= 15 is 0 Å². The third kappa shape index (κ3) is 11.7. The first-order valence-electron chi connectivity index (χ1n) is 9.59. The Morgan fingerprint density at radius 1 is 0.828 bits per heavy atom. The van der Waals surface area contributed by atoms with Gasteiger partial charge in [-0.05, 0) is 39.0 Å². The Hall–Kier alpha value is -2.68. The van der Waals surface area contributed by atoms with E-state index in [1.807, 2.05) is 0 Å². The Balaban J connectivity index is 2.60. The number of ether oxygens (including phenoxy) is 5. The van der Waals surface area contributed by atoms with Crippen LogP contribution in [-0.2, 0) is 42.9 Å². The molecule has 0 aromatic carbocycles. The predicted molar refractivity (Wildman–Crippen MR) is 101 cm³/mol. The van der Waals surface area contributed by atoms with E-state index in [4.69, 9.17) is 18.9 Å². The second-order valence-corrected chi connectivity index (χ2v) is 6.15. The van der Waals surface area contributed by atoms with Crippen molar-refractivity contribution in [1.82, 2.24) is 0 Å². The fourth-order valence-corrected chi connectivity index (χ4v) is 2.58. The fourth-order valence-electron chi connectivity index (χ4n) is 2.58. The quantitative estimate of drug-likeness (QED) is 0.283. The SMILES string of the molecule is CCOC(=O)/C=C/C(=O)OCC(CC1CCOCC1)OC(=O)/C=C/C(=O)OCC. The largest absolute Gasteiger partial charge is 0.463 e. The predicted octanol–water partition coefficient (Wildman–Crippen LogP) is 1.50. The van der Waals surface area contributed by atoms with Gasteiger partial charge in [0.15, 0.2) is 0 Å². The molecule has 29 heavy (non-hydrogen) atoms. The molecule has 1 aliphatic rings. The molecular formula is C20H28O9. The third-order valence-electron chi connectivity index (χ3n) is 3.92. The molecule has 1 fully saturated rings. The van der Waals surface area contributed by atoms with Crippen LogP contribution in [0.5, 0.6) is 0 Å². The van der Waals surface area contributed by atoms with Gasteiger partial charge in [-0.2, -0.15) is 0 Å². The van der Waals surface area contributed by atoms with Crippen molar-refractivity contribution in [3.05, 3.63) is 24.3 Å². The summed E-state index contributed by atoms with van der Waals surface area (Å²) < 4.78 is 25.1. The summed E-state index contributed by atoms with van der Waals surface area (Å²) >= 11 is 0. The van der Waals surface area contributed by atoms with E-state index in [0.29, 0.717) is 19.6 Å². The first-order chi connectivity index (χ1) is 13.9. The maximum Gasteiger partial charge on any atom is 0.331 e. The molecule has 0 spiro atoms. The summed E-state index contributed by atoms with van der Waals surface area (Å²) in [6, 6.07) is 0. The van der Waals surface area contributed by atoms with E-state index in [2.05, 4.69) is 4.74 Å². The van der Waals surface area contributed by atoms with Gasteiger partial charge in [0.25, 0.3) is 0 Å². The number of esters is 4. The van der Waals surface area contributed by atoms with Crippen molar-refractivity contribution >= 4 is 23.9 Å². The normalized spacial score (nSPS) is 15.8. The molecule has 0 aliphatic carbocycles. The van der Waals surface area contributed by atoms with Gasteiger partial charge in [-0.15, -0.1) is 0 Å². The zero-order chi connectivity index (χ0) is 21.5. The van der Waals surface area contributed by atoms with Crippen LogP contribution >= 0.6 is 0 Å². The van der Waals surface area contributed by atoms with E-state index in [0.717, 1.165) is 37.1 Å². The zero-order valence-electron chi connectivity index (χ0n) is 16.8. The van der Waals surface area contributed by atoms with E-state index in [-0.39, 0.29) is 25.7 Å². The van der Waals surface area contributed by atoms with Gasteiger partial charge in [-0.1, -0.05) is 0 Å². The van der Waals surface area contributed by atoms with Crippen molar-refractivity contribution in [2.45, 2.75) is 39.2 Å². The zero-order valence-corrected chi connectivity index (χ0v) is 16.8. The number of rotatable bonds is 11. The molecule has 0 aromatic heterocycles. The summed E-state index contributed by atoms with van der Waals surface area (Å²) in [4.78, 5) is 46.3. The lowest BCUT2D eigenvalue weighted by Gasteiger charge is -2.26. The molecule has 0 amide bonds. The second-order valence-electron chi connectivity index (χ2n) is 6.15. The Bertz CT molecular complexity index is 603. The summed E-state index contributed by atoms with van der Waals surface area (Å²) in [7, 11) is 0. The van der Waals surface area contributed by atoms with Crippen molar-refractivity contribution in [2.75, 3.05) is 33.0 Å².